The standard InChI is InChI=1S/C25H27F3N4O3/c1-16(2)15-32-24(34)20-6-4-3-5-19(20)22(30-32)23(33)29-14-17-7-8-18(13-21(17)25(26,27)28)31-9-11-35-12-10-31/h3-8,13,16H,9-12,14-15H2,1-2H3,(H,29,33). The lowest BCUT2D eigenvalue weighted by atomic mass is 10.0. The first-order chi connectivity index (χ1) is 16.6. The minimum atomic E-state index is -4.59. The van der Waals surface area contributed by atoms with Crippen LogP contribution in [0, 0.1) is 5.92 Å². The number of fused-ring (bicyclic) bond motifs is 1. The molecule has 1 aromatic heterocycles. The van der Waals surface area contributed by atoms with Gasteiger partial charge in [-0.2, -0.15) is 18.3 Å². The van der Waals surface area contributed by atoms with Gasteiger partial charge in [0.15, 0.2) is 5.69 Å². The number of amides is 1. The molecule has 10 heteroatoms. The summed E-state index contributed by atoms with van der Waals surface area (Å²) < 4.78 is 48.1. The van der Waals surface area contributed by atoms with Crippen LogP contribution in [-0.2, 0) is 24.0 Å². The van der Waals surface area contributed by atoms with E-state index < -0.39 is 17.6 Å². The van der Waals surface area contributed by atoms with E-state index in [4.69, 9.17) is 4.74 Å². The van der Waals surface area contributed by atoms with Gasteiger partial charge in [0.1, 0.15) is 0 Å². The third kappa shape index (κ3) is 5.48. The summed E-state index contributed by atoms with van der Waals surface area (Å²) in [6.45, 7) is 5.75. The Hall–Kier alpha value is -3.40. The SMILES string of the molecule is CC(C)Cn1nc(C(=O)NCc2ccc(N3CCOCC3)cc2C(F)(F)F)c2ccccc2c1=O. The lowest BCUT2D eigenvalue weighted by Gasteiger charge is -2.29. The topological polar surface area (TPSA) is 76.5 Å². The molecule has 0 atom stereocenters. The van der Waals surface area contributed by atoms with E-state index in [1.54, 1.807) is 30.3 Å². The van der Waals surface area contributed by atoms with Gasteiger partial charge in [0.25, 0.3) is 11.5 Å². The number of hydrogen-bond donors (Lipinski definition) is 1. The molecule has 0 saturated carbocycles. The first kappa shape index (κ1) is 24.7. The van der Waals surface area contributed by atoms with Crippen LogP contribution in [0.2, 0.25) is 0 Å². The van der Waals surface area contributed by atoms with Gasteiger partial charge in [0.2, 0.25) is 0 Å². The normalized spacial score (nSPS) is 14.5. The quantitative estimate of drug-likeness (QED) is 0.571. The second-order valence-electron chi connectivity index (χ2n) is 8.90. The van der Waals surface area contributed by atoms with E-state index in [9.17, 15) is 22.8 Å². The van der Waals surface area contributed by atoms with Crippen LogP contribution in [0.3, 0.4) is 0 Å². The van der Waals surface area contributed by atoms with Gasteiger partial charge in [-0.1, -0.05) is 38.1 Å². The van der Waals surface area contributed by atoms with Crippen molar-refractivity contribution in [2.75, 3.05) is 31.2 Å². The minimum Gasteiger partial charge on any atom is -0.378 e. The third-order valence-corrected chi connectivity index (χ3v) is 5.84. The first-order valence-corrected chi connectivity index (χ1v) is 11.5. The van der Waals surface area contributed by atoms with Crippen LogP contribution < -0.4 is 15.8 Å². The van der Waals surface area contributed by atoms with Crippen LogP contribution in [0.25, 0.3) is 10.8 Å². The fourth-order valence-corrected chi connectivity index (χ4v) is 4.13. The van der Waals surface area contributed by atoms with Gasteiger partial charge >= 0.3 is 6.18 Å². The molecule has 2 heterocycles. The number of halogens is 3. The number of carbonyl (C=O) groups is 1. The molecule has 1 fully saturated rings. The van der Waals surface area contributed by atoms with Crippen molar-refractivity contribution in [3.05, 3.63) is 69.6 Å². The first-order valence-electron chi connectivity index (χ1n) is 11.5. The average Bonchev–Trinajstić information content (AvgIpc) is 2.84. The Morgan fingerprint density at radius 1 is 1.11 bits per heavy atom. The van der Waals surface area contributed by atoms with Gasteiger partial charge in [-0.3, -0.25) is 9.59 Å². The molecule has 7 nitrogen and oxygen atoms in total. The summed E-state index contributed by atoms with van der Waals surface area (Å²) in [4.78, 5) is 27.7. The van der Waals surface area contributed by atoms with Crippen LogP contribution in [0.15, 0.2) is 47.3 Å². The molecule has 3 aromatic rings. The van der Waals surface area contributed by atoms with Crippen LogP contribution in [0.5, 0.6) is 0 Å². The minimum absolute atomic E-state index is 0.000606. The Bertz CT molecular complexity index is 1280. The molecule has 0 spiro atoms. The maximum absolute atomic E-state index is 13.9. The molecule has 0 aliphatic carbocycles. The molecular weight excluding hydrogens is 461 g/mol. The molecule has 1 N–H and O–H groups in total. The largest absolute Gasteiger partial charge is 0.416 e. The summed E-state index contributed by atoms with van der Waals surface area (Å²) in [7, 11) is 0. The molecule has 0 bridgehead atoms. The Morgan fingerprint density at radius 2 is 1.80 bits per heavy atom. The fourth-order valence-electron chi connectivity index (χ4n) is 4.13. The van der Waals surface area contributed by atoms with Crippen LogP contribution in [0.1, 0.15) is 35.5 Å². The van der Waals surface area contributed by atoms with Gasteiger partial charge < -0.3 is 15.0 Å². The zero-order valence-corrected chi connectivity index (χ0v) is 19.6. The van der Waals surface area contributed by atoms with Gasteiger partial charge in [0.05, 0.1) is 24.2 Å². The van der Waals surface area contributed by atoms with E-state index in [-0.39, 0.29) is 29.3 Å². The number of carbonyl (C=O) groups excluding carboxylic acids is 1. The van der Waals surface area contributed by atoms with E-state index in [1.807, 2.05) is 18.7 Å². The number of ether oxygens (including phenoxy) is 1. The molecule has 186 valence electrons. The summed E-state index contributed by atoms with van der Waals surface area (Å²) >= 11 is 0. The molecule has 0 unspecified atom stereocenters. The molecular formula is C25H27F3N4O3. The molecule has 35 heavy (non-hydrogen) atoms. The van der Waals surface area contributed by atoms with Gasteiger partial charge in [-0.05, 0) is 29.7 Å². The smallest absolute Gasteiger partial charge is 0.378 e. The van der Waals surface area contributed by atoms with E-state index >= 15 is 0 Å². The maximum Gasteiger partial charge on any atom is 0.416 e. The number of alkyl halides is 3. The highest BCUT2D eigenvalue weighted by molar-refractivity contribution is 6.04. The van der Waals surface area contributed by atoms with Crippen LogP contribution in [0.4, 0.5) is 18.9 Å². The molecule has 0 radical (unpaired) electrons. The summed E-state index contributed by atoms with van der Waals surface area (Å²) in [5.41, 5.74) is -0.709. The number of nitrogens with zero attached hydrogens (tertiary/aromatic N) is 3. The molecule has 2 aromatic carbocycles. The van der Waals surface area contributed by atoms with Gasteiger partial charge in [0, 0.05) is 37.3 Å². The number of anilines is 1. The summed E-state index contributed by atoms with van der Waals surface area (Å²) in [5, 5.41) is 7.51. The van der Waals surface area contributed by atoms with Crippen molar-refractivity contribution in [3.63, 3.8) is 0 Å². The molecule has 4 rings (SSSR count). The molecule has 1 aliphatic heterocycles. The summed E-state index contributed by atoms with van der Waals surface area (Å²) in [6.07, 6.45) is -4.59. The van der Waals surface area contributed by atoms with Crippen molar-refractivity contribution in [1.29, 1.82) is 0 Å². The predicted octanol–water partition coefficient (Wildman–Crippen LogP) is 3.84. The lowest BCUT2D eigenvalue weighted by Crippen LogP contribution is -2.36. The Morgan fingerprint density at radius 3 is 2.46 bits per heavy atom. The predicted molar refractivity (Wildman–Crippen MR) is 126 cm³/mol. The van der Waals surface area contributed by atoms with Crippen molar-refractivity contribution in [2.24, 2.45) is 5.92 Å². The second-order valence-corrected chi connectivity index (χ2v) is 8.90. The fraction of sp³-hybridized carbons (Fsp3) is 0.400. The summed E-state index contributed by atoms with van der Waals surface area (Å²) in [6, 6.07) is 10.7. The van der Waals surface area contributed by atoms with Crippen molar-refractivity contribution in [3.8, 4) is 0 Å². The molecule has 1 aliphatic rings. The number of aromatic nitrogens is 2. The zero-order chi connectivity index (χ0) is 25.2. The summed E-state index contributed by atoms with van der Waals surface area (Å²) in [5.74, 6) is -0.541. The van der Waals surface area contributed by atoms with Gasteiger partial charge in [-0.25, -0.2) is 4.68 Å². The Balaban J connectivity index is 1.63. The highest BCUT2D eigenvalue weighted by Crippen LogP contribution is 2.35. The maximum atomic E-state index is 13.9. The zero-order valence-electron chi connectivity index (χ0n) is 19.6. The van der Waals surface area contributed by atoms with Crippen molar-refractivity contribution < 1.29 is 22.7 Å². The van der Waals surface area contributed by atoms with Crippen molar-refractivity contribution in [2.45, 2.75) is 33.1 Å². The average molecular weight is 489 g/mol. The Kier molecular flexibility index (Phi) is 7.11. The van der Waals surface area contributed by atoms with Gasteiger partial charge in [-0.15, -0.1) is 0 Å². The lowest BCUT2D eigenvalue weighted by molar-refractivity contribution is -0.138. The number of benzene rings is 2. The number of hydrogen-bond acceptors (Lipinski definition) is 5. The highest BCUT2D eigenvalue weighted by atomic mass is 19.4. The second kappa shape index (κ2) is 10.1. The van der Waals surface area contributed by atoms with Crippen molar-refractivity contribution >= 4 is 22.4 Å². The van der Waals surface area contributed by atoms with E-state index in [0.29, 0.717) is 49.3 Å². The molecule has 1 saturated heterocycles. The number of morpholine rings is 1. The Labute approximate surface area is 200 Å². The van der Waals surface area contributed by atoms with Crippen LogP contribution in [-0.4, -0.2) is 42.0 Å². The highest BCUT2D eigenvalue weighted by Gasteiger charge is 2.34. The molecule has 1 amide bonds. The van der Waals surface area contributed by atoms with E-state index in [0.717, 1.165) is 6.07 Å². The monoisotopic (exact) mass is 488 g/mol. The van der Waals surface area contributed by atoms with E-state index in [1.165, 1.54) is 10.7 Å². The van der Waals surface area contributed by atoms with Crippen molar-refractivity contribution in [1.82, 2.24) is 15.1 Å². The van der Waals surface area contributed by atoms with E-state index in [2.05, 4.69) is 10.4 Å². The number of nitrogens with one attached hydrogen (secondary N) is 1. The van der Waals surface area contributed by atoms with Crippen LogP contribution >= 0.6 is 0 Å². The number of rotatable bonds is 6. The third-order valence-electron chi connectivity index (χ3n) is 5.84.